The molecule has 0 aromatic heterocycles. The summed E-state index contributed by atoms with van der Waals surface area (Å²) in [7, 11) is 1.74. The molecule has 7 nitrogen and oxygen atoms in total. The monoisotopic (exact) mass is 533 g/mol. The van der Waals surface area contributed by atoms with Crippen molar-refractivity contribution in [2.24, 2.45) is 0 Å². The number of halogens is 1. The van der Waals surface area contributed by atoms with E-state index in [0.29, 0.717) is 23.6 Å². The number of nitrogens with zero attached hydrogens (tertiary/aromatic N) is 3. The number of hydrogen-bond acceptors (Lipinski definition) is 5. The van der Waals surface area contributed by atoms with Crippen LogP contribution in [0.4, 0.5) is 14.9 Å². The average Bonchev–Trinajstić information content (AvgIpc) is 2.88. The number of amides is 2. The molecule has 1 heterocycles. The van der Waals surface area contributed by atoms with Crippen molar-refractivity contribution in [2.75, 3.05) is 31.6 Å². The van der Waals surface area contributed by atoms with Gasteiger partial charge in [-0.2, -0.15) is 0 Å². The molecule has 1 aliphatic heterocycles. The zero-order valence-electron chi connectivity index (χ0n) is 23.2. The SMILES string of the molecule is C[C@H]1CN(Cc2ccc(N(C)C(=O)c3ccc(Oc4cccc(F)c4)cc3)cc2)CCN1C(=O)OC(C)(C)C. The smallest absolute Gasteiger partial charge is 0.410 e. The molecule has 1 atom stereocenters. The molecule has 1 fully saturated rings. The fraction of sp³-hybridized carbons (Fsp3) is 0.355. The molecular weight excluding hydrogens is 497 g/mol. The van der Waals surface area contributed by atoms with Crippen molar-refractivity contribution in [3.63, 3.8) is 0 Å². The first-order chi connectivity index (χ1) is 18.5. The molecule has 8 heteroatoms. The molecule has 3 aromatic rings. The molecular formula is C31H36FN3O4. The second-order valence-corrected chi connectivity index (χ2v) is 10.9. The zero-order chi connectivity index (χ0) is 28.2. The molecule has 2 amide bonds. The summed E-state index contributed by atoms with van der Waals surface area (Å²) in [4.78, 5) is 31.3. The van der Waals surface area contributed by atoms with E-state index in [-0.39, 0.29) is 23.9 Å². The first-order valence-electron chi connectivity index (χ1n) is 13.1. The van der Waals surface area contributed by atoms with Crippen molar-refractivity contribution in [3.8, 4) is 11.5 Å². The van der Waals surface area contributed by atoms with Gasteiger partial charge in [0.2, 0.25) is 0 Å². The number of carbonyl (C=O) groups excluding carboxylic acids is 2. The van der Waals surface area contributed by atoms with Crippen LogP contribution in [-0.4, -0.2) is 60.1 Å². The van der Waals surface area contributed by atoms with Crippen LogP contribution in [-0.2, 0) is 11.3 Å². The summed E-state index contributed by atoms with van der Waals surface area (Å²) in [5.74, 6) is 0.394. The Labute approximate surface area is 229 Å². The summed E-state index contributed by atoms with van der Waals surface area (Å²) < 4.78 is 24.6. The summed E-state index contributed by atoms with van der Waals surface area (Å²) in [6.07, 6.45) is -0.263. The predicted molar refractivity (Wildman–Crippen MR) is 150 cm³/mol. The van der Waals surface area contributed by atoms with E-state index >= 15 is 0 Å². The van der Waals surface area contributed by atoms with Crippen molar-refractivity contribution >= 4 is 17.7 Å². The van der Waals surface area contributed by atoms with E-state index in [1.54, 1.807) is 53.2 Å². The van der Waals surface area contributed by atoms with Gasteiger partial charge >= 0.3 is 6.09 Å². The van der Waals surface area contributed by atoms with E-state index in [4.69, 9.17) is 9.47 Å². The molecule has 4 rings (SSSR count). The largest absolute Gasteiger partial charge is 0.457 e. The Morgan fingerprint density at radius 2 is 1.67 bits per heavy atom. The van der Waals surface area contributed by atoms with Crippen molar-refractivity contribution in [1.82, 2.24) is 9.80 Å². The molecule has 39 heavy (non-hydrogen) atoms. The maximum Gasteiger partial charge on any atom is 0.410 e. The highest BCUT2D eigenvalue weighted by molar-refractivity contribution is 6.05. The summed E-state index contributed by atoms with van der Waals surface area (Å²) in [6.45, 7) is 10.6. The van der Waals surface area contributed by atoms with Crippen LogP contribution in [0.2, 0.25) is 0 Å². The van der Waals surface area contributed by atoms with E-state index in [2.05, 4.69) is 4.90 Å². The van der Waals surface area contributed by atoms with Gasteiger partial charge in [-0.15, -0.1) is 0 Å². The first-order valence-corrected chi connectivity index (χ1v) is 13.1. The molecule has 0 aliphatic carbocycles. The maximum absolute atomic E-state index is 13.4. The number of benzene rings is 3. The lowest BCUT2D eigenvalue weighted by molar-refractivity contribution is 0.000550. The molecule has 0 unspecified atom stereocenters. The van der Waals surface area contributed by atoms with Crippen LogP contribution in [0, 0.1) is 5.82 Å². The Hall–Kier alpha value is -3.91. The summed E-state index contributed by atoms with van der Waals surface area (Å²) in [6, 6.07) is 20.7. The van der Waals surface area contributed by atoms with Gasteiger partial charge in [-0.25, -0.2) is 9.18 Å². The fourth-order valence-corrected chi connectivity index (χ4v) is 4.49. The Bertz CT molecular complexity index is 1290. The highest BCUT2D eigenvalue weighted by Crippen LogP contribution is 2.24. The van der Waals surface area contributed by atoms with E-state index in [0.717, 1.165) is 30.9 Å². The van der Waals surface area contributed by atoms with Crippen LogP contribution < -0.4 is 9.64 Å². The summed E-state index contributed by atoms with van der Waals surface area (Å²) in [5.41, 5.74) is 1.93. The molecule has 0 saturated carbocycles. The first kappa shape index (κ1) is 28.1. The zero-order valence-corrected chi connectivity index (χ0v) is 23.2. The quantitative estimate of drug-likeness (QED) is 0.370. The normalized spacial score (nSPS) is 16.1. The van der Waals surface area contributed by atoms with Gasteiger partial charge in [0.25, 0.3) is 5.91 Å². The lowest BCUT2D eigenvalue weighted by atomic mass is 10.1. The van der Waals surface area contributed by atoms with E-state index in [9.17, 15) is 14.0 Å². The van der Waals surface area contributed by atoms with Gasteiger partial charge in [0, 0.05) is 56.6 Å². The Balaban J connectivity index is 1.31. The average molecular weight is 534 g/mol. The third-order valence-corrected chi connectivity index (χ3v) is 6.51. The molecule has 1 saturated heterocycles. The molecule has 0 N–H and O–H groups in total. The van der Waals surface area contributed by atoms with Crippen molar-refractivity contribution in [1.29, 1.82) is 0 Å². The minimum atomic E-state index is -0.508. The second kappa shape index (κ2) is 11.9. The number of anilines is 1. The Kier molecular flexibility index (Phi) is 8.55. The fourth-order valence-electron chi connectivity index (χ4n) is 4.49. The van der Waals surface area contributed by atoms with Gasteiger partial charge in [-0.1, -0.05) is 18.2 Å². The van der Waals surface area contributed by atoms with E-state index < -0.39 is 5.60 Å². The highest BCUT2D eigenvalue weighted by atomic mass is 19.1. The second-order valence-electron chi connectivity index (χ2n) is 10.9. The topological polar surface area (TPSA) is 62.3 Å². The van der Waals surface area contributed by atoms with E-state index in [1.807, 2.05) is 52.0 Å². The van der Waals surface area contributed by atoms with Crippen LogP contribution >= 0.6 is 0 Å². The third kappa shape index (κ3) is 7.57. The highest BCUT2D eigenvalue weighted by Gasteiger charge is 2.30. The van der Waals surface area contributed by atoms with Crippen LogP contribution in [0.1, 0.15) is 43.6 Å². The number of piperazine rings is 1. The molecule has 1 aliphatic rings. The molecule has 0 bridgehead atoms. The van der Waals surface area contributed by atoms with Crippen LogP contribution in [0.25, 0.3) is 0 Å². The van der Waals surface area contributed by atoms with Gasteiger partial charge in [0.05, 0.1) is 0 Å². The van der Waals surface area contributed by atoms with Crippen molar-refractivity contribution in [2.45, 2.75) is 45.9 Å². The summed E-state index contributed by atoms with van der Waals surface area (Å²) in [5, 5.41) is 0. The standard InChI is InChI=1S/C31H36FN3O4/c1-22-20-34(17-18-35(22)30(37)39-31(2,3)4)21-23-9-13-26(14-10-23)33(5)29(36)24-11-15-27(16-12-24)38-28-8-6-7-25(32)19-28/h6-16,19,22H,17-18,20-21H2,1-5H3/t22-/m0/s1. The van der Waals surface area contributed by atoms with Crippen LogP contribution in [0.15, 0.2) is 72.8 Å². The van der Waals surface area contributed by atoms with E-state index in [1.165, 1.54) is 12.1 Å². The van der Waals surface area contributed by atoms with Crippen LogP contribution in [0.5, 0.6) is 11.5 Å². The maximum atomic E-state index is 13.4. The van der Waals surface area contributed by atoms with Crippen LogP contribution in [0.3, 0.4) is 0 Å². The lowest BCUT2D eigenvalue weighted by Crippen LogP contribution is -2.54. The number of carbonyl (C=O) groups is 2. The summed E-state index contributed by atoms with van der Waals surface area (Å²) >= 11 is 0. The molecule has 0 spiro atoms. The van der Waals surface area contributed by atoms with Gasteiger partial charge in [0.15, 0.2) is 0 Å². The van der Waals surface area contributed by atoms with Gasteiger partial charge < -0.3 is 19.3 Å². The number of rotatable bonds is 6. The lowest BCUT2D eigenvalue weighted by Gasteiger charge is -2.40. The predicted octanol–water partition coefficient (Wildman–Crippen LogP) is 6.34. The minimum absolute atomic E-state index is 0.0577. The van der Waals surface area contributed by atoms with Crippen molar-refractivity contribution < 1.29 is 23.5 Å². The Morgan fingerprint density at radius 3 is 2.28 bits per heavy atom. The van der Waals surface area contributed by atoms with Gasteiger partial charge in [-0.3, -0.25) is 9.69 Å². The number of hydrogen-bond donors (Lipinski definition) is 0. The molecule has 206 valence electrons. The minimum Gasteiger partial charge on any atom is -0.457 e. The third-order valence-electron chi connectivity index (χ3n) is 6.51. The Morgan fingerprint density at radius 1 is 0.974 bits per heavy atom. The molecule has 3 aromatic carbocycles. The number of ether oxygens (including phenoxy) is 2. The van der Waals surface area contributed by atoms with Gasteiger partial charge in [-0.05, 0) is 81.8 Å². The van der Waals surface area contributed by atoms with Gasteiger partial charge in [0.1, 0.15) is 22.9 Å². The molecule has 0 radical (unpaired) electrons. The van der Waals surface area contributed by atoms with Crippen molar-refractivity contribution in [3.05, 3.63) is 89.7 Å².